The number of nitrogens with one attached hydrogen (secondary N) is 1. The van der Waals surface area contributed by atoms with Gasteiger partial charge in [0.15, 0.2) is 0 Å². The molecule has 1 amide bonds. The molecule has 0 unspecified atom stereocenters. The van der Waals surface area contributed by atoms with E-state index in [0.29, 0.717) is 23.4 Å². The molecule has 0 aliphatic rings. The van der Waals surface area contributed by atoms with Gasteiger partial charge in [-0.2, -0.15) is 13.2 Å². The fourth-order valence-corrected chi connectivity index (χ4v) is 1.88. The summed E-state index contributed by atoms with van der Waals surface area (Å²) in [7, 11) is 0. The van der Waals surface area contributed by atoms with Crippen LogP contribution in [0.4, 0.5) is 18.9 Å². The Labute approximate surface area is 117 Å². The molecule has 0 saturated carbocycles. The van der Waals surface area contributed by atoms with Crippen molar-refractivity contribution in [3.63, 3.8) is 0 Å². The Morgan fingerprint density at radius 2 is 2.11 bits per heavy atom. The normalized spacial score (nSPS) is 11.2. The monoisotopic (exact) mass is 339 g/mol. The molecular formula is C12H13BrF3NO2. The SMILES string of the molecule is CCOc1ccc(NC(=O)CC(F)(F)F)cc1CBr. The maximum absolute atomic E-state index is 12.0. The van der Waals surface area contributed by atoms with Gasteiger partial charge >= 0.3 is 6.18 Å². The maximum Gasteiger partial charge on any atom is 0.397 e. The number of rotatable bonds is 5. The average Bonchev–Trinajstić information content (AvgIpc) is 2.28. The van der Waals surface area contributed by atoms with Crippen LogP contribution in [0.2, 0.25) is 0 Å². The van der Waals surface area contributed by atoms with Crippen molar-refractivity contribution in [2.24, 2.45) is 0 Å². The van der Waals surface area contributed by atoms with Crippen molar-refractivity contribution in [2.45, 2.75) is 24.9 Å². The summed E-state index contributed by atoms with van der Waals surface area (Å²) in [4.78, 5) is 11.2. The van der Waals surface area contributed by atoms with Gasteiger partial charge in [-0.05, 0) is 25.1 Å². The number of ether oxygens (including phenoxy) is 1. The summed E-state index contributed by atoms with van der Waals surface area (Å²) >= 11 is 3.25. The number of amides is 1. The minimum atomic E-state index is -4.51. The lowest BCUT2D eigenvalue weighted by Gasteiger charge is -2.12. The molecule has 1 aromatic carbocycles. The highest BCUT2D eigenvalue weighted by Crippen LogP contribution is 2.26. The molecule has 0 fully saturated rings. The predicted molar refractivity (Wildman–Crippen MR) is 69.5 cm³/mol. The molecule has 1 aromatic rings. The van der Waals surface area contributed by atoms with E-state index in [1.54, 1.807) is 12.1 Å². The first-order valence-corrected chi connectivity index (χ1v) is 6.66. The highest BCUT2D eigenvalue weighted by atomic mass is 79.9. The molecule has 0 atom stereocenters. The van der Waals surface area contributed by atoms with E-state index < -0.39 is 18.5 Å². The van der Waals surface area contributed by atoms with Gasteiger partial charge in [-0.15, -0.1) is 0 Å². The van der Waals surface area contributed by atoms with E-state index in [1.165, 1.54) is 6.07 Å². The van der Waals surface area contributed by atoms with Gasteiger partial charge in [-0.3, -0.25) is 4.79 Å². The zero-order valence-electron chi connectivity index (χ0n) is 10.2. The molecule has 0 spiro atoms. The zero-order chi connectivity index (χ0) is 14.5. The van der Waals surface area contributed by atoms with E-state index in [4.69, 9.17) is 4.74 Å². The first-order chi connectivity index (χ1) is 8.85. The lowest BCUT2D eigenvalue weighted by molar-refractivity contribution is -0.150. The summed E-state index contributed by atoms with van der Waals surface area (Å²) < 4.78 is 41.4. The van der Waals surface area contributed by atoms with Crippen molar-refractivity contribution >= 4 is 27.5 Å². The number of anilines is 1. The largest absolute Gasteiger partial charge is 0.494 e. The summed E-state index contributed by atoms with van der Waals surface area (Å²) in [6.07, 6.45) is -6.00. The second-order valence-corrected chi connectivity index (χ2v) is 4.29. The van der Waals surface area contributed by atoms with Gasteiger partial charge in [0.2, 0.25) is 5.91 Å². The zero-order valence-corrected chi connectivity index (χ0v) is 11.8. The van der Waals surface area contributed by atoms with Gasteiger partial charge in [0, 0.05) is 16.6 Å². The lowest BCUT2D eigenvalue weighted by atomic mass is 10.2. The molecule has 19 heavy (non-hydrogen) atoms. The molecule has 0 heterocycles. The van der Waals surface area contributed by atoms with E-state index in [9.17, 15) is 18.0 Å². The first-order valence-electron chi connectivity index (χ1n) is 5.54. The highest BCUT2D eigenvalue weighted by Gasteiger charge is 2.31. The van der Waals surface area contributed by atoms with Gasteiger partial charge in [-0.1, -0.05) is 15.9 Å². The molecule has 1 N–H and O–H groups in total. The summed E-state index contributed by atoms with van der Waals surface area (Å²) in [5.41, 5.74) is 1.07. The summed E-state index contributed by atoms with van der Waals surface area (Å²) in [5.74, 6) is -0.453. The Morgan fingerprint density at radius 1 is 1.42 bits per heavy atom. The van der Waals surface area contributed by atoms with Crippen molar-refractivity contribution in [1.82, 2.24) is 0 Å². The number of hydrogen-bond donors (Lipinski definition) is 1. The van der Waals surface area contributed by atoms with Crippen molar-refractivity contribution in [3.05, 3.63) is 23.8 Å². The Kier molecular flexibility index (Phi) is 5.65. The molecule has 0 aliphatic carbocycles. The molecule has 0 aliphatic heterocycles. The molecule has 0 aromatic heterocycles. The van der Waals surface area contributed by atoms with Gasteiger partial charge in [0.05, 0.1) is 6.61 Å². The Morgan fingerprint density at radius 3 is 2.63 bits per heavy atom. The Balaban J connectivity index is 2.77. The topological polar surface area (TPSA) is 38.3 Å². The van der Waals surface area contributed by atoms with Crippen molar-refractivity contribution in [2.75, 3.05) is 11.9 Å². The van der Waals surface area contributed by atoms with Crippen LogP contribution in [0.25, 0.3) is 0 Å². The van der Waals surface area contributed by atoms with Crippen LogP contribution in [0.5, 0.6) is 5.75 Å². The number of carbonyl (C=O) groups is 1. The molecular weight excluding hydrogens is 327 g/mol. The van der Waals surface area contributed by atoms with Crippen LogP contribution in [0.3, 0.4) is 0 Å². The lowest BCUT2D eigenvalue weighted by Crippen LogP contribution is -2.21. The third-order valence-corrected chi connectivity index (χ3v) is 2.75. The Bertz CT molecular complexity index is 449. The molecule has 3 nitrogen and oxygen atoms in total. The van der Waals surface area contributed by atoms with Crippen LogP contribution in [-0.2, 0) is 10.1 Å². The number of alkyl halides is 4. The second kappa shape index (κ2) is 6.79. The van der Waals surface area contributed by atoms with Crippen LogP contribution in [0.15, 0.2) is 18.2 Å². The minimum absolute atomic E-state index is 0.312. The standard InChI is InChI=1S/C12H13BrF3NO2/c1-2-19-10-4-3-9(5-8(10)7-13)17-11(18)6-12(14,15)16/h3-5H,2,6-7H2,1H3,(H,17,18). The van der Waals surface area contributed by atoms with Gasteiger partial charge in [-0.25, -0.2) is 0 Å². The minimum Gasteiger partial charge on any atom is -0.494 e. The van der Waals surface area contributed by atoms with E-state index in [2.05, 4.69) is 21.2 Å². The summed E-state index contributed by atoms with van der Waals surface area (Å²) in [6.45, 7) is 2.32. The highest BCUT2D eigenvalue weighted by molar-refractivity contribution is 9.08. The fraction of sp³-hybridized carbons (Fsp3) is 0.417. The predicted octanol–water partition coefficient (Wildman–Crippen LogP) is 3.87. The van der Waals surface area contributed by atoms with Gasteiger partial charge in [0.25, 0.3) is 0 Å². The quantitative estimate of drug-likeness (QED) is 0.827. The van der Waals surface area contributed by atoms with E-state index in [1.807, 2.05) is 6.92 Å². The third kappa shape index (κ3) is 5.50. The summed E-state index contributed by atoms with van der Waals surface area (Å²) in [6, 6.07) is 4.70. The Hall–Kier alpha value is -1.24. The number of carbonyl (C=O) groups excluding carboxylic acids is 1. The van der Waals surface area contributed by atoms with Crippen LogP contribution >= 0.6 is 15.9 Å². The fourth-order valence-electron chi connectivity index (χ4n) is 1.45. The van der Waals surface area contributed by atoms with Crippen LogP contribution in [0, 0.1) is 0 Å². The van der Waals surface area contributed by atoms with Crippen molar-refractivity contribution in [1.29, 1.82) is 0 Å². The first kappa shape index (κ1) is 15.8. The van der Waals surface area contributed by atoms with E-state index >= 15 is 0 Å². The smallest absolute Gasteiger partial charge is 0.397 e. The molecule has 106 valence electrons. The summed E-state index contributed by atoms with van der Waals surface area (Å²) in [5, 5.41) is 2.68. The van der Waals surface area contributed by atoms with Crippen LogP contribution < -0.4 is 10.1 Å². The number of benzene rings is 1. The van der Waals surface area contributed by atoms with E-state index in [-0.39, 0.29) is 0 Å². The van der Waals surface area contributed by atoms with Gasteiger partial charge in [0.1, 0.15) is 12.2 Å². The van der Waals surface area contributed by atoms with Crippen molar-refractivity contribution in [3.8, 4) is 5.75 Å². The molecule has 7 heteroatoms. The maximum atomic E-state index is 12.0. The van der Waals surface area contributed by atoms with E-state index in [0.717, 1.165) is 5.56 Å². The van der Waals surface area contributed by atoms with Crippen molar-refractivity contribution < 1.29 is 22.7 Å². The third-order valence-electron chi connectivity index (χ3n) is 2.15. The molecule has 0 saturated heterocycles. The van der Waals surface area contributed by atoms with Gasteiger partial charge < -0.3 is 10.1 Å². The molecule has 0 bridgehead atoms. The van der Waals surface area contributed by atoms with Crippen LogP contribution in [-0.4, -0.2) is 18.7 Å². The number of halogens is 4. The number of hydrogen-bond acceptors (Lipinski definition) is 2. The molecule has 0 radical (unpaired) electrons. The molecule has 1 rings (SSSR count). The average molecular weight is 340 g/mol. The van der Waals surface area contributed by atoms with Crippen LogP contribution in [0.1, 0.15) is 18.9 Å². The second-order valence-electron chi connectivity index (χ2n) is 3.73.